The number of piperidine rings is 1. The average Bonchev–Trinajstić information content (AvgIpc) is 3.20. The molecule has 0 saturated carbocycles. The maximum atomic E-state index is 14.3. The molecule has 0 aliphatic carbocycles. The number of aromatic nitrogens is 2. The molecule has 5 heterocycles. The largest absolute Gasteiger partial charge is 0.428 e. The molecule has 10 heteroatoms. The van der Waals surface area contributed by atoms with Gasteiger partial charge in [-0.2, -0.15) is 13.8 Å². The average molecular weight is 451 g/mol. The number of aliphatic hydroxyl groups excluding tert-OH is 1. The number of nitrogens with zero attached hydrogens (tertiary/aromatic N) is 3. The monoisotopic (exact) mass is 450 g/mol. The number of benzene rings is 1. The van der Waals surface area contributed by atoms with Crippen molar-refractivity contribution in [1.82, 2.24) is 15.3 Å². The highest BCUT2D eigenvalue weighted by atomic mass is 35.5. The Morgan fingerprint density at radius 2 is 2.06 bits per heavy atom. The molecule has 164 valence electrons. The number of fused-ring (bicyclic) bond motifs is 3. The molecule has 3 saturated heterocycles. The molecular weight excluding hydrogens is 430 g/mol. The van der Waals surface area contributed by atoms with E-state index >= 15 is 0 Å². The smallest absolute Gasteiger partial charge is 0.424 e. The number of anilines is 1. The number of alkyl halides is 2. The Balaban J connectivity index is 1.59. The van der Waals surface area contributed by atoms with Gasteiger partial charge in [0.05, 0.1) is 10.7 Å². The van der Waals surface area contributed by atoms with E-state index < -0.39 is 12.2 Å². The van der Waals surface area contributed by atoms with E-state index in [1.807, 2.05) is 4.90 Å². The van der Waals surface area contributed by atoms with Crippen LogP contribution >= 0.6 is 11.6 Å². The highest BCUT2D eigenvalue weighted by Gasteiger charge is 2.42. The zero-order valence-corrected chi connectivity index (χ0v) is 17.4. The lowest BCUT2D eigenvalue weighted by Crippen LogP contribution is -2.67. The summed E-state index contributed by atoms with van der Waals surface area (Å²) in [6.07, 6.45) is -3.26. The van der Waals surface area contributed by atoms with Crippen LogP contribution in [-0.4, -0.2) is 52.5 Å². The van der Waals surface area contributed by atoms with Crippen LogP contribution in [-0.2, 0) is 0 Å². The van der Waals surface area contributed by atoms with Gasteiger partial charge in [-0.1, -0.05) is 18.5 Å². The van der Waals surface area contributed by atoms with Gasteiger partial charge in [0.25, 0.3) is 6.01 Å². The highest BCUT2D eigenvalue weighted by molar-refractivity contribution is 6.30. The van der Waals surface area contributed by atoms with Crippen molar-refractivity contribution in [3.05, 3.63) is 35.5 Å². The number of piperazine rings is 1. The van der Waals surface area contributed by atoms with E-state index in [-0.39, 0.29) is 23.3 Å². The van der Waals surface area contributed by atoms with E-state index in [0.29, 0.717) is 34.4 Å². The first-order valence-corrected chi connectivity index (χ1v) is 10.5. The zero-order valence-electron chi connectivity index (χ0n) is 16.7. The quantitative estimate of drug-likeness (QED) is 0.590. The summed E-state index contributed by atoms with van der Waals surface area (Å²) in [4.78, 5) is 10.8. The van der Waals surface area contributed by atoms with Crippen LogP contribution in [0.3, 0.4) is 0 Å². The van der Waals surface area contributed by atoms with Crippen molar-refractivity contribution in [2.45, 2.75) is 44.1 Å². The van der Waals surface area contributed by atoms with Crippen LogP contribution in [0.15, 0.2) is 34.9 Å². The van der Waals surface area contributed by atoms with Crippen molar-refractivity contribution in [1.29, 1.82) is 0 Å². The van der Waals surface area contributed by atoms with Gasteiger partial charge in [0.1, 0.15) is 0 Å². The van der Waals surface area contributed by atoms with Gasteiger partial charge in [-0.3, -0.25) is 4.98 Å². The standard InChI is InChI=1S/C21H21ClF2N4O3/c1-2-17(29)21(23,24)31-16-6-4-14(15-5-3-11(22)8-25-15)19-18(16)27-20(30-19)28-9-12-7-13(10-28)26-12/h3-6,8,12-13,17,26,29H,2,7,9-10H2,1H3. The lowest BCUT2D eigenvalue weighted by Gasteiger charge is -2.47. The van der Waals surface area contributed by atoms with Crippen LogP contribution in [0.4, 0.5) is 14.8 Å². The number of rotatable bonds is 6. The molecule has 0 radical (unpaired) electrons. The van der Waals surface area contributed by atoms with Crippen molar-refractivity contribution in [3.63, 3.8) is 0 Å². The van der Waals surface area contributed by atoms with Gasteiger partial charge in [0.2, 0.25) is 0 Å². The first-order valence-electron chi connectivity index (χ1n) is 10.2. The number of hydrogen-bond donors (Lipinski definition) is 2. The van der Waals surface area contributed by atoms with Crippen molar-refractivity contribution in [2.24, 2.45) is 0 Å². The Morgan fingerprint density at radius 1 is 1.32 bits per heavy atom. The molecule has 3 aromatic rings. The van der Waals surface area contributed by atoms with E-state index in [2.05, 4.69) is 15.3 Å². The Labute approximate surface area is 182 Å². The van der Waals surface area contributed by atoms with Crippen molar-refractivity contribution in [3.8, 4) is 17.0 Å². The molecule has 2 bridgehead atoms. The first-order chi connectivity index (χ1) is 14.8. The normalized spacial score (nSPS) is 21.8. The molecule has 3 unspecified atom stereocenters. The molecule has 31 heavy (non-hydrogen) atoms. The summed E-state index contributed by atoms with van der Waals surface area (Å²) in [5.41, 5.74) is 1.58. The van der Waals surface area contributed by atoms with E-state index in [1.54, 1.807) is 18.2 Å². The molecule has 0 spiro atoms. The second kappa shape index (κ2) is 7.58. The SMILES string of the molecule is CCC(O)C(F)(F)Oc1ccc(-c2ccc(Cl)cn2)c2oc(N3CC4CC(C3)N4)nc12. The topological polar surface area (TPSA) is 83.7 Å². The number of ether oxygens (including phenoxy) is 1. The molecule has 3 aliphatic heterocycles. The Bertz CT molecular complexity index is 1090. The second-order valence-corrected chi connectivity index (χ2v) is 8.37. The summed E-state index contributed by atoms with van der Waals surface area (Å²) in [7, 11) is 0. The van der Waals surface area contributed by atoms with Gasteiger partial charge in [-0.25, -0.2) is 0 Å². The van der Waals surface area contributed by atoms with Crippen LogP contribution in [0, 0.1) is 0 Å². The summed E-state index contributed by atoms with van der Waals surface area (Å²) in [5, 5.41) is 13.6. The summed E-state index contributed by atoms with van der Waals surface area (Å²) in [6, 6.07) is 7.47. The lowest BCUT2D eigenvalue weighted by atomic mass is 9.92. The van der Waals surface area contributed by atoms with Crippen LogP contribution in [0.25, 0.3) is 22.4 Å². The second-order valence-electron chi connectivity index (χ2n) is 7.94. The number of halogens is 3. The molecule has 7 nitrogen and oxygen atoms in total. The van der Waals surface area contributed by atoms with Crippen LogP contribution in [0.1, 0.15) is 19.8 Å². The maximum absolute atomic E-state index is 14.3. The first kappa shape index (κ1) is 20.4. The van der Waals surface area contributed by atoms with Crippen molar-refractivity contribution >= 4 is 28.7 Å². The van der Waals surface area contributed by atoms with Gasteiger partial charge in [0, 0.05) is 36.9 Å². The highest BCUT2D eigenvalue weighted by Crippen LogP contribution is 2.39. The number of aliphatic hydroxyl groups is 1. The fraction of sp³-hybridized carbons (Fsp3) is 0.429. The number of oxazole rings is 1. The van der Waals surface area contributed by atoms with Gasteiger partial charge >= 0.3 is 6.11 Å². The Kier molecular flexibility index (Phi) is 4.99. The van der Waals surface area contributed by atoms with Crippen molar-refractivity contribution in [2.75, 3.05) is 18.0 Å². The summed E-state index contributed by atoms with van der Waals surface area (Å²) >= 11 is 5.94. The Hall–Kier alpha value is -2.49. The van der Waals surface area contributed by atoms with Crippen LogP contribution in [0.2, 0.25) is 5.02 Å². The minimum atomic E-state index is -3.77. The van der Waals surface area contributed by atoms with E-state index in [0.717, 1.165) is 19.5 Å². The molecule has 2 N–H and O–H groups in total. The summed E-state index contributed by atoms with van der Waals surface area (Å²) < 4.78 is 39.7. The zero-order chi connectivity index (χ0) is 21.8. The minimum Gasteiger partial charge on any atom is -0.428 e. The van der Waals surface area contributed by atoms with Gasteiger partial charge < -0.3 is 24.5 Å². The molecule has 6 rings (SSSR count). The Morgan fingerprint density at radius 3 is 2.71 bits per heavy atom. The summed E-state index contributed by atoms with van der Waals surface area (Å²) in [6.45, 7) is 2.90. The molecule has 0 amide bonds. The van der Waals surface area contributed by atoms with E-state index in [4.69, 9.17) is 20.8 Å². The van der Waals surface area contributed by atoms with Gasteiger partial charge in [-0.15, -0.1) is 0 Å². The fourth-order valence-corrected chi connectivity index (χ4v) is 4.16. The predicted molar refractivity (Wildman–Crippen MR) is 112 cm³/mol. The molecule has 1 aromatic carbocycles. The van der Waals surface area contributed by atoms with Crippen LogP contribution in [0.5, 0.6) is 5.75 Å². The number of pyridine rings is 1. The van der Waals surface area contributed by atoms with E-state index in [9.17, 15) is 13.9 Å². The number of nitrogens with one attached hydrogen (secondary N) is 1. The van der Waals surface area contributed by atoms with Gasteiger partial charge in [0.15, 0.2) is 23.0 Å². The number of hydrogen-bond acceptors (Lipinski definition) is 7. The summed E-state index contributed by atoms with van der Waals surface area (Å²) in [5.74, 6) is -0.166. The molecule has 3 fully saturated rings. The molecular formula is C21H21ClF2N4O3. The molecule has 3 aliphatic rings. The minimum absolute atomic E-state index is 0.152. The van der Waals surface area contributed by atoms with Gasteiger partial charge in [-0.05, 0) is 37.1 Å². The van der Waals surface area contributed by atoms with Crippen LogP contribution < -0.4 is 15.0 Å². The third kappa shape index (κ3) is 3.71. The third-order valence-electron chi connectivity index (χ3n) is 5.71. The molecule has 3 atom stereocenters. The predicted octanol–water partition coefficient (Wildman–Crippen LogP) is 3.84. The maximum Gasteiger partial charge on any atom is 0.424 e. The lowest BCUT2D eigenvalue weighted by molar-refractivity contribution is -0.239. The fourth-order valence-electron chi connectivity index (χ4n) is 4.05. The molecule has 2 aromatic heterocycles. The van der Waals surface area contributed by atoms with Crippen molar-refractivity contribution < 1.29 is 23.0 Å². The van der Waals surface area contributed by atoms with E-state index in [1.165, 1.54) is 19.2 Å². The third-order valence-corrected chi connectivity index (χ3v) is 5.94.